The predicted molar refractivity (Wildman–Crippen MR) is 41.0 cm³/mol. The van der Waals surface area contributed by atoms with Crippen LogP contribution in [0, 0.1) is 9.81 Å². The van der Waals surface area contributed by atoms with Gasteiger partial charge in [-0.3, -0.25) is 4.90 Å². The largest absolute Gasteiger partial charge is 0.292 e. The molecule has 1 saturated heterocycles. The van der Waals surface area contributed by atoms with Crippen molar-refractivity contribution >= 4 is 0 Å². The maximum Gasteiger partial charge on any atom is 0.257 e. The second-order valence-electron chi connectivity index (χ2n) is 3.16. The highest BCUT2D eigenvalue weighted by Crippen LogP contribution is 2.27. The topological polar surface area (TPSA) is 62.1 Å². The van der Waals surface area contributed by atoms with Crippen LogP contribution in [0.4, 0.5) is 0 Å². The van der Waals surface area contributed by atoms with Gasteiger partial charge in [-0.2, -0.15) is 0 Å². The van der Waals surface area contributed by atoms with E-state index in [1.807, 2.05) is 18.7 Å². The van der Waals surface area contributed by atoms with Crippen LogP contribution in [0.5, 0.6) is 0 Å². The summed E-state index contributed by atoms with van der Waals surface area (Å²) in [6, 6.07) is 0.353. The van der Waals surface area contributed by atoms with E-state index >= 15 is 0 Å². The molecule has 1 rings (SSSR count). The first kappa shape index (κ1) is 8.26. The minimum absolute atomic E-state index is 0.353. The summed E-state index contributed by atoms with van der Waals surface area (Å²) in [5, 5.41) is 5.41. The molecule has 0 N–H and O–H groups in total. The van der Waals surface area contributed by atoms with E-state index in [4.69, 9.17) is 0 Å². The summed E-state index contributed by atoms with van der Waals surface area (Å²) in [5.74, 6) is 0. The standard InChI is InChI=1S/C6H11N3O2/c1-5(2)9-3-6(4-9,7-10)8-11/h5H,3-4H2,1-2H3. The molecule has 0 bridgehead atoms. The molecule has 0 aromatic carbocycles. The molecular formula is C6H11N3O2. The third-order valence-electron chi connectivity index (χ3n) is 1.98. The highest BCUT2D eigenvalue weighted by molar-refractivity contribution is 5.01. The second-order valence-corrected chi connectivity index (χ2v) is 3.16. The lowest BCUT2D eigenvalue weighted by Gasteiger charge is -2.42. The molecule has 0 saturated carbocycles. The van der Waals surface area contributed by atoms with Crippen LogP contribution >= 0.6 is 0 Å². The van der Waals surface area contributed by atoms with Gasteiger partial charge in [0, 0.05) is 6.04 Å². The number of hydrogen-bond acceptors (Lipinski definition) is 5. The molecule has 1 aliphatic heterocycles. The van der Waals surface area contributed by atoms with Crippen molar-refractivity contribution in [2.75, 3.05) is 13.1 Å². The van der Waals surface area contributed by atoms with Crippen LogP contribution in [0.2, 0.25) is 0 Å². The Balaban J connectivity index is 2.48. The van der Waals surface area contributed by atoms with Crippen LogP contribution in [0.3, 0.4) is 0 Å². The first-order chi connectivity index (χ1) is 5.13. The first-order valence-corrected chi connectivity index (χ1v) is 3.56. The molecule has 0 radical (unpaired) electrons. The number of rotatable bonds is 3. The fraction of sp³-hybridized carbons (Fsp3) is 1.00. The minimum Gasteiger partial charge on any atom is -0.292 e. The number of nitroso groups, excluding NO2 is 2. The minimum atomic E-state index is -1.18. The van der Waals surface area contributed by atoms with Crippen molar-refractivity contribution in [2.45, 2.75) is 25.6 Å². The molecule has 1 aliphatic rings. The van der Waals surface area contributed by atoms with Gasteiger partial charge in [0.25, 0.3) is 5.66 Å². The lowest BCUT2D eigenvalue weighted by Crippen LogP contribution is -2.61. The Morgan fingerprint density at radius 2 is 1.73 bits per heavy atom. The zero-order chi connectivity index (χ0) is 8.48. The van der Waals surface area contributed by atoms with E-state index in [0.29, 0.717) is 19.1 Å². The van der Waals surface area contributed by atoms with Gasteiger partial charge in [0.1, 0.15) is 0 Å². The van der Waals surface area contributed by atoms with Crippen LogP contribution in [-0.4, -0.2) is 29.7 Å². The highest BCUT2D eigenvalue weighted by Gasteiger charge is 2.47. The molecule has 11 heavy (non-hydrogen) atoms. The first-order valence-electron chi connectivity index (χ1n) is 3.56. The van der Waals surface area contributed by atoms with E-state index in [-0.39, 0.29) is 0 Å². The highest BCUT2D eigenvalue weighted by atomic mass is 16.3. The molecule has 5 heteroatoms. The average molecular weight is 157 g/mol. The Labute approximate surface area is 64.7 Å². The molecular weight excluding hydrogens is 146 g/mol. The van der Waals surface area contributed by atoms with E-state index < -0.39 is 5.66 Å². The lowest BCUT2D eigenvalue weighted by molar-refractivity contribution is 0.0473. The summed E-state index contributed by atoms with van der Waals surface area (Å²) in [5.41, 5.74) is -1.18. The van der Waals surface area contributed by atoms with Gasteiger partial charge in [-0.25, -0.2) is 0 Å². The molecule has 0 aromatic heterocycles. The van der Waals surface area contributed by atoms with E-state index in [1.54, 1.807) is 0 Å². The van der Waals surface area contributed by atoms with E-state index in [0.717, 1.165) is 0 Å². The smallest absolute Gasteiger partial charge is 0.257 e. The van der Waals surface area contributed by atoms with E-state index in [9.17, 15) is 9.81 Å². The van der Waals surface area contributed by atoms with Gasteiger partial charge in [-0.15, -0.1) is 9.81 Å². The number of likely N-dealkylation sites (tertiary alicyclic amines) is 1. The van der Waals surface area contributed by atoms with E-state index in [1.165, 1.54) is 0 Å². The molecule has 0 aromatic rings. The van der Waals surface area contributed by atoms with Crippen molar-refractivity contribution in [3.8, 4) is 0 Å². The van der Waals surface area contributed by atoms with Gasteiger partial charge in [0.2, 0.25) is 0 Å². The summed E-state index contributed by atoms with van der Waals surface area (Å²) >= 11 is 0. The zero-order valence-corrected chi connectivity index (χ0v) is 6.65. The molecule has 0 unspecified atom stereocenters. The molecule has 1 heterocycles. The Kier molecular flexibility index (Phi) is 1.99. The summed E-state index contributed by atoms with van der Waals surface area (Å²) in [6.07, 6.45) is 0. The van der Waals surface area contributed by atoms with Crippen LogP contribution < -0.4 is 0 Å². The molecule has 0 spiro atoms. The van der Waals surface area contributed by atoms with Gasteiger partial charge >= 0.3 is 0 Å². The fourth-order valence-corrected chi connectivity index (χ4v) is 1.10. The Morgan fingerprint density at radius 3 is 2.00 bits per heavy atom. The fourth-order valence-electron chi connectivity index (χ4n) is 1.10. The van der Waals surface area contributed by atoms with Gasteiger partial charge in [0.05, 0.1) is 13.1 Å². The van der Waals surface area contributed by atoms with Crippen molar-refractivity contribution < 1.29 is 0 Å². The van der Waals surface area contributed by atoms with Crippen molar-refractivity contribution in [3.05, 3.63) is 9.81 Å². The van der Waals surface area contributed by atoms with Gasteiger partial charge in [-0.05, 0) is 24.2 Å². The number of nitrogens with zero attached hydrogens (tertiary/aromatic N) is 3. The maximum atomic E-state index is 10.1. The van der Waals surface area contributed by atoms with Crippen molar-refractivity contribution in [1.82, 2.24) is 4.90 Å². The molecule has 0 aliphatic carbocycles. The van der Waals surface area contributed by atoms with Gasteiger partial charge in [0.15, 0.2) is 0 Å². The Bertz CT molecular complexity index is 165. The maximum absolute atomic E-state index is 10.1. The summed E-state index contributed by atoms with van der Waals surface area (Å²) in [7, 11) is 0. The molecule has 62 valence electrons. The third kappa shape index (κ3) is 1.28. The summed E-state index contributed by atoms with van der Waals surface area (Å²) < 4.78 is 0. The average Bonchev–Trinajstić information content (AvgIpc) is 1.87. The zero-order valence-electron chi connectivity index (χ0n) is 6.65. The summed E-state index contributed by atoms with van der Waals surface area (Å²) in [6.45, 7) is 4.74. The Morgan fingerprint density at radius 1 is 1.27 bits per heavy atom. The second kappa shape index (κ2) is 2.65. The number of hydrogen-bond donors (Lipinski definition) is 0. The molecule has 1 fully saturated rings. The van der Waals surface area contributed by atoms with E-state index in [2.05, 4.69) is 10.4 Å². The van der Waals surface area contributed by atoms with Crippen LogP contribution in [-0.2, 0) is 0 Å². The SMILES string of the molecule is CC(C)N1CC(N=O)(N=O)C1. The summed E-state index contributed by atoms with van der Waals surface area (Å²) in [4.78, 5) is 22.3. The van der Waals surface area contributed by atoms with Gasteiger partial charge in [-0.1, -0.05) is 0 Å². The van der Waals surface area contributed by atoms with Crippen LogP contribution in [0.1, 0.15) is 13.8 Å². The quantitative estimate of drug-likeness (QED) is 0.573. The molecule has 0 atom stereocenters. The lowest BCUT2D eigenvalue weighted by atomic mass is 10.0. The monoisotopic (exact) mass is 157 g/mol. The van der Waals surface area contributed by atoms with Crippen LogP contribution in [0.25, 0.3) is 0 Å². The molecule has 0 amide bonds. The van der Waals surface area contributed by atoms with Gasteiger partial charge < -0.3 is 0 Å². The van der Waals surface area contributed by atoms with Crippen molar-refractivity contribution in [2.24, 2.45) is 10.4 Å². The normalized spacial score (nSPS) is 22.8. The van der Waals surface area contributed by atoms with Crippen LogP contribution in [0.15, 0.2) is 10.4 Å². The van der Waals surface area contributed by atoms with Crippen molar-refractivity contribution in [1.29, 1.82) is 0 Å². The Hall–Kier alpha value is -0.840. The predicted octanol–water partition coefficient (Wildman–Crippen LogP) is 0.940. The third-order valence-corrected chi connectivity index (χ3v) is 1.98. The van der Waals surface area contributed by atoms with Crippen molar-refractivity contribution in [3.63, 3.8) is 0 Å². The molecule has 5 nitrogen and oxygen atoms in total.